The van der Waals surface area contributed by atoms with Gasteiger partial charge in [-0.25, -0.2) is 4.79 Å². The molecule has 0 aliphatic heterocycles. The maximum Gasteiger partial charge on any atom is 0.319 e. The van der Waals surface area contributed by atoms with Crippen LogP contribution in [0, 0.1) is 0 Å². The highest BCUT2D eigenvalue weighted by Crippen LogP contribution is 2.19. The molecule has 1 aliphatic carbocycles. The molecule has 1 aliphatic rings. The fourth-order valence-electron chi connectivity index (χ4n) is 3.27. The molecular weight excluding hydrogens is 342 g/mol. The first-order valence-electron chi connectivity index (χ1n) is 9.21. The Morgan fingerprint density at radius 2 is 1.70 bits per heavy atom. The van der Waals surface area contributed by atoms with Crippen LogP contribution >= 0.6 is 0 Å². The summed E-state index contributed by atoms with van der Waals surface area (Å²) in [4.78, 5) is 26.5. The number of amides is 3. The van der Waals surface area contributed by atoms with Gasteiger partial charge in [0.1, 0.15) is 0 Å². The van der Waals surface area contributed by atoms with Crippen molar-refractivity contribution >= 4 is 23.3 Å². The Morgan fingerprint density at radius 3 is 2.41 bits per heavy atom. The van der Waals surface area contributed by atoms with Crippen molar-refractivity contribution < 1.29 is 14.7 Å². The van der Waals surface area contributed by atoms with Crippen LogP contribution in [-0.2, 0) is 0 Å². The molecule has 2 aromatic rings. The lowest BCUT2D eigenvalue weighted by Crippen LogP contribution is -2.40. The van der Waals surface area contributed by atoms with Gasteiger partial charge in [0, 0.05) is 30.0 Å². The van der Waals surface area contributed by atoms with Gasteiger partial charge in [0.2, 0.25) is 0 Å². The number of anilines is 2. The van der Waals surface area contributed by atoms with E-state index in [1.807, 2.05) is 30.3 Å². The zero-order valence-corrected chi connectivity index (χ0v) is 15.4. The van der Waals surface area contributed by atoms with Gasteiger partial charge in [-0.1, -0.05) is 24.3 Å². The number of carbonyl (C=O) groups excluding carboxylic acids is 2. The van der Waals surface area contributed by atoms with Crippen molar-refractivity contribution in [3.8, 4) is 0 Å². The van der Waals surface area contributed by atoms with E-state index in [-0.39, 0.29) is 24.1 Å². The van der Waals surface area contributed by atoms with Crippen LogP contribution in [0.3, 0.4) is 0 Å². The highest BCUT2D eigenvalue weighted by Gasteiger charge is 2.21. The Bertz CT molecular complexity index is 786. The number of carbonyl (C=O) groups is 2. The summed E-state index contributed by atoms with van der Waals surface area (Å²) in [7, 11) is 1.72. The van der Waals surface area contributed by atoms with Gasteiger partial charge in [0.25, 0.3) is 5.91 Å². The van der Waals surface area contributed by atoms with Crippen molar-refractivity contribution in [2.45, 2.75) is 37.8 Å². The Hall–Kier alpha value is -2.86. The van der Waals surface area contributed by atoms with Crippen molar-refractivity contribution in [3.05, 3.63) is 60.2 Å². The highest BCUT2D eigenvalue weighted by molar-refractivity contribution is 6.06. The minimum atomic E-state index is -0.294. The van der Waals surface area contributed by atoms with Crippen LogP contribution < -0.4 is 15.5 Å². The lowest BCUT2D eigenvalue weighted by atomic mass is 9.93. The average molecular weight is 367 g/mol. The molecule has 1 fully saturated rings. The predicted octanol–water partition coefficient (Wildman–Crippen LogP) is 3.39. The normalized spacial score (nSPS) is 19.2. The van der Waals surface area contributed by atoms with E-state index in [1.54, 1.807) is 36.2 Å². The van der Waals surface area contributed by atoms with Gasteiger partial charge in [-0.3, -0.25) is 4.79 Å². The summed E-state index contributed by atoms with van der Waals surface area (Å²) in [6.07, 6.45) is 2.71. The Morgan fingerprint density at radius 1 is 1.00 bits per heavy atom. The van der Waals surface area contributed by atoms with Gasteiger partial charge in [-0.05, 0) is 56.0 Å². The fourth-order valence-corrected chi connectivity index (χ4v) is 3.27. The van der Waals surface area contributed by atoms with E-state index < -0.39 is 0 Å². The van der Waals surface area contributed by atoms with E-state index in [0.717, 1.165) is 18.5 Å². The fraction of sp³-hybridized carbons (Fsp3) is 0.333. The summed E-state index contributed by atoms with van der Waals surface area (Å²) in [6.45, 7) is 0. The quantitative estimate of drug-likeness (QED) is 0.775. The van der Waals surface area contributed by atoms with Crippen LogP contribution in [-0.4, -0.2) is 36.2 Å². The molecule has 0 bridgehead atoms. The second-order valence-corrected chi connectivity index (χ2v) is 6.88. The molecule has 0 unspecified atom stereocenters. The average Bonchev–Trinajstić information content (AvgIpc) is 2.69. The number of nitrogens with zero attached hydrogens (tertiary/aromatic N) is 1. The number of hydrogen-bond acceptors (Lipinski definition) is 3. The third-order valence-corrected chi connectivity index (χ3v) is 4.85. The molecule has 3 rings (SSSR count). The Kier molecular flexibility index (Phi) is 6.08. The van der Waals surface area contributed by atoms with E-state index in [2.05, 4.69) is 10.6 Å². The first kappa shape index (κ1) is 18.9. The Labute approximate surface area is 159 Å². The minimum Gasteiger partial charge on any atom is -0.393 e. The molecule has 2 aromatic carbocycles. The smallest absolute Gasteiger partial charge is 0.319 e. The van der Waals surface area contributed by atoms with Gasteiger partial charge in [-0.15, -0.1) is 0 Å². The van der Waals surface area contributed by atoms with Crippen molar-refractivity contribution in [1.82, 2.24) is 5.32 Å². The summed E-state index contributed by atoms with van der Waals surface area (Å²) < 4.78 is 0. The van der Waals surface area contributed by atoms with Crippen LogP contribution in [0.25, 0.3) is 0 Å². The molecule has 3 N–H and O–H groups in total. The van der Waals surface area contributed by atoms with Crippen molar-refractivity contribution in [2.24, 2.45) is 0 Å². The van der Waals surface area contributed by atoms with Crippen molar-refractivity contribution in [1.29, 1.82) is 0 Å². The molecule has 0 heterocycles. The van der Waals surface area contributed by atoms with Gasteiger partial charge in [-0.2, -0.15) is 0 Å². The molecular formula is C21H25N3O3. The van der Waals surface area contributed by atoms with E-state index >= 15 is 0 Å². The van der Waals surface area contributed by atoms with Crippen LogP contribution in [0.5, 0.6) is 0 Å². The molecule has 0 spiro atoms. The maximum atomic E-state index is 12.7. The third-order valence-electron chi connectivity index (χ3n) is 4.85. The molecule has 1 saturated carbocycles. The topological polar surface area (TPSA) is 81.7 Å². The molecule has 27 heavy (non-hydrogen) atoms. The lowest BCUT2D eigenvalue weighted by Gasteiger charge is -2.26. The van der Waals surface area contributed by atoms with E-state index in [4.69, 9.17) is 0 Å². The molecule has 6 heteroatoms. The number of para-hydroxylation sites is 1. The largest absolute Gasteiger partial charge is 0.393 e. The van der Waals surface area contributed by atoms with Crippen LogP contribution in [0.15, 0.2) is 54.6 Å². The summed E-state index contributed by atoms with van der Waals surface area (Å²) >= 11 is 0. The van der Waals surface area contributed by atoms with Crippen LogP contribution in [0.4, 0.5) is 16.2 Å². The van der Waals surface area contributed by atoms with Crippen molar-refractivity contribution in [2.75, 3.05) is 17.3 Å². The van der Waals surface area contributed by atoms with Gasteiger partial charge in [0.05, 0.1) is 6.10 Å². The number of urea groups is 1. The first-order chi connectivity index (χ1) is 13.0. The first-order valence-corrected chi connectivity index (χ1v) is 9.21. The maximum absolute atomic E-state index is 12.7. The SMILES string of the molecule is CN(C(=O)c1cccc(NC(=O)NC2CCC(O)CC2)c1)c1ccccc1. The van der Waals surface area contributed by atoms with Crippen molar-refractivity contribution in [3.63, 3.8) is 0 Å². The Balaban J connectivity index is 1.61. The van der Waals surface area contributed by atoms with Crippen LogP contribution in [0.2, 0.25) is 0 Å². The zero-order valence-electron chi connectivity index (χ0n) is 15.4. The number of aliphatic hydroxyl groups excluding tert-OH is 1. The molecule has 142 valence electrons. The van der Waals surface area contributed by atoms with Crippen LogP contribution in [0.1, 0.15) is 36.0 Å². The summed E-state index contributed by atoms with van der Waals surface area (Å²) in [5, 5.41) is 15.3. The number of aliphatic hydroxyl groups is 1. The molecule has 0 saturated heterocycles. The third kappa shape index (κ3) is 5.08. The second kappa shape index (κ2) is 8.68. The van der Waals surface area contributed by atoms with E-state index in [1.165, 1.54) is 0 Å². The predicted molar refractivity (Wildman–Crippen MR) is 106 cm³/mol. The number of hydrogen-bond donors (Lipinski definition) is 3. The number of rotatable bonds is 4. The van der Waals surface area contributed by atoms with E-state index in [9.17, 15) is 14.7 Å². The molecule has 0 atom stereocenters. The zero-order chi connectivity index (χ0) is 19.2. The molecule has 3 amide bonds. The monoisotopic (exact) mass is 367 g/mol. The van der Waals surface area contributed by atoms with Gasteiger partial charge in [0.15, 0.2) is 0 Å². The second-order valence-electron chi connectivity index (χ2n) is 6.88. The molecule has 0 radical (unpaired) electrons. The lowest BCUT2D eigenvalue weighted by molar-refractivity contribution is 0.0993. The molecule has 0 aromatic heterocycles. The summed E-state index contributed by atoms with van der Waals surface area (Å²) in [6, 6.07) is 16.1. The van der Waals surface area contributed by atoms with E-state index in [0.29, 0.717) is 24.1 Å². The molecule has 6 nitrogen and oxygen atoms in total. The number of benzene rings is 2. The summed E-state index contributed by atoms with van der Waals surface area (Å²) in [5.74, 6) is -0.147. The number of nitrogens with one attached hydrogen (secondary N) is 2. The minimum absolute atomic E-state index is 0.0717. The highest BCUT2D eigenvalue weighted by atomic mass is 16.3. The standard InChI is InChI=1S/C21H25N3O3/c1-24(18-8-3-2-4-9-18)20(26)15-6-5-7-17(14-15)23-21(27)22-16-10-12-19(25)13-11-16/h2-9,14,16,19,25H,10-13H2,1H3,(H2,22,23,27). The summed E-state index contributed by atoms with van der Waals surface area (Å²) in [5.41, 5.74) is 1.87. The van der Waals surface area contributed by atoms with Gasteiger partial charge < -0.3 is 20.6 Å². The van der Waals surface area contributed by atoms with Gasteiger partial charge >= 0.3 is 6.03 Å².